The van der Waals surface area contributed by atoms with Gasteiger partial charge in [-0.3, -0.25) is 14.9 Å². The van der Waals surface area contributed by atoms with E-state index in [0.29, 0.717) is 12.3 Å². The molecule has 2 aromatic rings. The van der Waals surface area contributed by atoms with E-state index in [0.717, 1.165) is 16.7 Å². The van der Waals surface area contributed by atoms with Crippen molar-refractivity contribution in [1.29, 1.82) is 0 Å². The summed E-state index contributed by atoms with van der Waals surface area (Å²) < 4.78 is 10.1. The van der Waals surface area contributed by atoms with E-state index in [-0.39, 0.29) is 18.2 Å². The molecular formula is C20H22N2O6. The fourth-order valence-corrected chi connectivity index (χ4v) is 2.47. The van der Waals surface area contributed by atoms with Crippen LogP contribution in [0.4, 0.5) is 5.69 Å². The quantitative estimate of drug-likeness (QED) is 0.393. The molecule has 0 aliphatic carbocycles. The summed E-state index contributed by atoms with van der Waals surface area (Å²) in [6.07, 6.45) is 0. The number of likely N-dealkylation sites (N-methyl/N-ethyl adjacent to an activating group) is 1. The van der Waals surface area contributed by atoms with Crippen LogP contribution in [-0.2, 0) is 20.9 Å². The summed E-state index contributed by atoms with van der Waals surface area (Å²) >= 11 is 0. The van der Waals surface area contributed by atoms with E-state index >= 15 is 0 Å². The van der Waals surface area contributed by atoms with Crippen LogP contribution in [0.1, 0.15) is 16.7 Å². The second-order valence-electron chi connectivity index (χ2n) is 6.38. The molecule has 0 aromatic heterocycles. The van der Waals surface area contributed by atoms with Crippen molar-refractivity contribution in [3.8, 4) is 5.75 Å². The highest BCUT2D eigenvalue weighted by Crippen LogP contribution is 2.17. The highest BCUT2D eigenvalue weighted by Gasteiger charge is 2.14. The molecule has 28 heavy (non-hydrogen) atoms. The van der Waals surface area contributed by atoms with Crippen LogP contribution in [0, 0.1) is 24.0 Å². The van der Waals surface area contributed by atoms with Gasteiger partial charge in [0.15, 0.2) is 13.2 Å². The molecule has 0 saturated heterocycles. The molecule has 0 atom stereocenters. The Balaban J connectivity index is 1.76. The molecule has 0 heterocycles. The van der Waals surface area contributed by atoms with Crippen molar-refractivity contribution < 1.29 is 24.0 Å². The number of nitrogens with zero attached hydrogens (tertiary/aromatic N) is 2. The van der Waals surface area contributed by atoms with E-state index in [1.807, 2.05) is 32.0 Å². The molecule has 0 radical (unpaired) electrons. The van der Waals surface area contributed by atoms with E-state index in [1.54, 1.807) is 7.05 Å². The van der Waals surface area contributed by atoms with E-state index in [2.05, 4.69) is 0 Å². The molecule has 1 amide bonds. The zero-order chi connectivity index (χ0) is 20.7. The summed E-state index contributed by atoms with van der Waals surface area (Å²) in [5, 5.41) is 10.6. The van der Waals surface area contributed by atoms with Gasteiger partial charge in [-0.05, 0) is 37.1 Å². The summed E-state index contributed by atoms with van der Waals surface area (Å²) in [4.78, 5) is 35.4. The van der Waals surface area contributed by atoms with E-state index < -0.39 is 17.5 Å². The maximum absolute atomic E-state index is 12.1. The van der Waals surface area contributed by atoms with E-state index in [1.165, 1.54) is 29.2 Å². The van der Waals surface area contributed by atoms with Crippen LogP contribution in [0.5, 0.6) is 5.75 Å². The number of nitro benzene ring substituents is 1. The number of rotatable bonds is 8. The van der Waals surface area contributed by atoms with E-state index in [4.69, 9.17) is 9.47 Å². The molecule has 0 fully saturated rings. The molecular weight excluding hydrogens is 364 g/mol. The number of ether oxygens (including phenoxy) is 2. The number of amides is 1. The molecule has 0 N–H and O–H groups in total. The molecule has 0 aliphatic heterocycles. The van der Waals surface area contributed by atoms with Crippen molar-refractivity contribution in [1.82, 2.24) is 4.90 Å². The highest BCUT2D eigenvalue weighted by atomic mass is 16.6. The molecule has 8 heteroatoms. The van der Waals surface area contributed by atoms with Gasteiger partial charge in [-0.2, -0.15) is 0 Å². The molecule has 8 nitrogen and oxygen atoms in total. The van der Waals surface area contributed by atoms with Gasteiger partial charge < -0.3 is 14.4 Å². The average Bonchev–Trinajstić information content (AvgIpc) is 2.66. The Morgan fingerprint density at radius 1 is 1.07 bits per heavy atom. The van der Waals surface area contributed by atoms with Crippen LogP contribution in [0.3, 0.4) is 0 Å². The van der Waals surface area contributed by atoms with Crippen molar-refractivity contribution in [2.75, 3.05) is 20.3 Å². The summed E-state index contributed by atoms with van der Waals surface area (Å²) in [5.41, 5.74) is 3.19. The number of carbonyl (C=O) groups excluding carboxylic acids is 2. The van der Waals surface area contributed by atoms with Crippen LogP contribution >= 0.6 is 0 Å². The van der Waals surface area contributed by atoms with Gasteiger partial charge in [0.1, 0.15) is 5.75 Å². The lowest BCUT2D eigenvalue weighted by Gasteiger charge is -2.18. The van der Waals surface area contributed by atoms with Gasteiger partial charge in [-0.1, -0.05) is 23.8 Å². The summed E-state index contributed by atoms with van der Waals surface area (Å²) in [5.74, 6) is -0.740. The number of carbonyl (C=O) groups is 2. The molecule has 2 aromatic carbocycles. The molecule has 0 aliphatic rings. The third kappa shape index (κ3) is 6.08. The largest absolute Gasteiger partial charge is 0.482 e. The van der Waals surface area contributed by atoms with Crippen molar-refractivity contribution in [3.63, 3.8) is 0 Å². The topological polar surface area (TPSA) is 99.0 Å². The number of non-ortho nitro benzene ring substituents is 1. The van der Waals surface area contributed by atoms with Gasteiger partial charge in [0.05, 0.1) is 4.92 Å². The van der Waals surface area contributed by atoms with Gasteiger partial charge in [0, 0.05) is 25.7 Å². The summed E-state index contributed by atoms with van der Waals surface area (Å²) in [6, 6.07) is 11.3. The Hall–Kier alpha value is -3.42. The second kappa shape index (κ2) is 9.50. The molecule has 0 saturated carbocycles. The minimum Gasteiger partial charge on any atom is -0.482 e. The SMILES string of the molecule is Cc1ccc(CN(C)C(=O)COC(=O)COc2ccc([N+](=O)[O-])cc2)c(C)c1. The van der Waals surface area contributed by atoms with Crippen molar-refractivity contribution in [2.45, 2.75) is 20.4 Å². The lowest BCUT2D eigenvalue weighted by atomic mass is 10.1. The van der Waals surface area contributed by atoms with Gasteiger partial charge in [0.2, 0.25) is 0 Å². The van der Waals surface area contributed by atoms with Crippen LogP contribution in [-0.4, -0.2) is 42.0 Å². The lowest BCUT2D eigenvalue weighted by Crippen LogP contribution is -2.31. The Labute approximate surface area is 162 Å². The van der Waals surface area contributed by atoms with Crippen LogP contribution < -0.4 is 4.74 Å². The predicted molar refractivity (Wildman–Crippen MR) is 102 cm³/mol. The van der Waals surface area contributed by atoms with Crippen LogP contribution in [0.2, 0.25) is 0 Å². The first-order valence-corrected chi connectivity index (χ1v) is 8.59. The van der Waals surface area contributed by atoms with Crippen molar-refractivity contribution in [3.05, 3.63) is 69.3 Å². The summed E-state index contributed by atoms with van der Waals surface area (Å²) in [7, 11) is 1.64. The molecule has 0 unspecified atom stereocenters. The number of aryl methyl sites for hydroxylation is 2. The molecule has 148 valence electrons. The first-order valence-electron chi connectivity index (χ1n) is 8.59. The third-order valence-corrected chi connectivity index (χ3v) is 4.09. The zero-order valence-corrected chi connectivity index (χ0v) is 16.0. The minimum absolute atomic E-state index is 0.0765. The van der Waals surface area contributed by atoms with Crippen LogP contribution in [0.15, 0.2) is 42.5 Å². The van der Waals surface area contributed by atoms with Crippen molar-refractivity contribution >= 4 is 17.6 Å². The Kier molecular flexibility index (Phi) is 7.08. The zero-order valence-electron chi connectivity index (χ0n) is 16.0. The Bertz CT molecular complexity index is 863. The van der Waals surface area contributed by atoms with Crippen LogP contribution in [0.25, 0.3) is 0 Å². The first-order chi connectivity index (χ1) is 13.3. The fourth-order valence-electron chi connectivity index (χ4n) is 2.47. The third-order valence-electron chi connectivity index (χ3n) is 4.09. The standard InChI is InChI=1S/C20H22N2O6/c1-14-4-5-16(15(2)10-14)11-21(3)19(23)12-28-20(24)13-27-18-8-6-17(7-9-18)22(25)26/h4-10H,11-13H2,1-3H3. The highest BCUT2D eigenvalue weighted by molar-refractivity contribution is 5.80. The smallest absolute Gasteiger partial charge is 0.344 e. The number of esters is 1. The van der Waals surface area contributed by atoms with Crippen molar-refractivity contribution in [2.24, 2.45) is 0 Å². The Morgan fingerprint density at radius 2 is 1.75 bits per heavy atom. The summed E-state index contributed by atoms with van der Waals surface area (Å²) in [6.45, 7) is 3.62. The number of hydrogen-bond donors (Lipinski definition) is 0. The maximum atomic E-state index is 12.1. The normalized spacial score (nSPS) is 10.2. The second-order valence-corrected chi connectivity index (χ2v) is 6.38. The molecule has 0 bridgehead atoms. The van der Waals surface area contributed by atoms with Gasteiger partial charge in [0.25, 0.3) is 11.6 Å². The van der Waals surface area contributed by atoms with Gasteiger partial charge >= 0.3 is 5.97 Å². The Morgan fingerprint density at radius 3 is 2.36 bits per heavy atom. The van der Waals surface area contributed by atoms with Gasteiger partial charge in [-0.25, -0.2) is 4.79 Å². The monoisotopic (exact) mass is 386 g/mol. The number of nitro groups is 1. The maximum Gasteiger partial charge on any atom is 0.344 e. The number of hydrogen-bond acceptors (Lipinski definition) is 6. The molecule has 2 rings (SSSR count). The lowest BCUT2D eigenvalue weighted by molar-refractivity contribution is -0.384. The average molecular weight is 386 g/mol. The van der Waals surface area contributed by atoms with Gasteiger partial charge in [-0.15, -0.1) is 0 Å². The number of benzene rings is 2. The minimum atomic E-state index is -0.702. The first kappa shape index (κ1) is 20.9. The molecule has 0 spiro atoms. The fraction of sp³-hybridized carbons (Fsp3) is 0.300. The van der Waals surface area contributed by atoms with E-state index in [9.17, 15) is 19.7 Å². The predicted octanol–water partition coefficient (Wildman–Crippen LogP) is 2.79.